The van der Waals surface area contributed by atoms with Gasteiger partial charge < -0.3 is 10.0 Å². The van der Waals surface area contributed by atoms with Gasteiger partial charge in [0.05, 0.1) is 10.7 Å². The highest BCUT2D eigenvalue weighted by Gasteiger charge is 2.24. The number of carbonyl (C=O) groups excluding carboxylic acids is 1. The molecule has 2 rings (SSSR count). The first-order valence-electron chi connectivity index (χ1n) is 5.29. The number of nitrogens with two attached hydrogens (primary N) is 1. The number of pyridine rings is 1. The lowest BCUT2D eigenvalue weighted by molar-refractivity contribution is 0.0745. The van der Waals surface area contributed by atoms with E-state index in [1.807, 2.05) is 0 Å². The number of rotatable bonds is 2. The number of aromatic nitrogens is 1. The van der Waals surface area contributed by atoms with Crippen LogP contribution in [0, 0.1) is 17.5 Å². The SMILES string of the molecule is Nc1c(F)c(-c2cc(F)ccc2F)nc(C(=O)OCl)c1Cl. The molecule has 0 saturated heterocycles. The third kappa shape index (κ3) is 2.74. The molecular weight excluding hydrogens is 332 g/mol. The molecule has 1 aromatic carbocycles. The molecule has 0 unspecified atom stereocenters. The predicted octanol–water partition coefficient (Wildman–Crippen LogP) is 3.71. The lowest BCUT2D eigenvalue weighted by Crippen LogP contribution is -2.09. The van der Waals surface area contributed by atoms with Crippen molar-refractivity contribution in [2.45, 2.75) is 0 Å². The molecule has 2 N–H and O–H groups in total. The van der Waals surface area contributed by atoms with Crippen LogP contribution < -0.4 is 5.73 Å². The van der Waals surface area contributed by atoms with Crippen LogP contribution in [0.15, 0.2) is 18.2 Å². The number of hydrogen-bond acceptors (Lipinski definition) is 4. The second kappa shape index (κ2) is 5.79. The Morgan fingerprint density at radius 3 is 2.57 bits per heavy atom. The maximum atomic E-state index is 14.1. The Morgan fingerprint density at radius 2 is 1.95 bits per heavy atom. The number of anilines is 1. The van der Waals surface area contributed by atoms with E-state index < -0.39 is 51.1 Å². The third-order valence-electron chi connectivity index (χ3n) is 2.56. The van der Waals surface area contributed by atoms with E-state index in [1.54, 1.807) is 0 Å². The zero-order chi connectivity index (χ0) is 15.7. The molecule has 9 heteroatoms. The fourth-order valence-electron chi connectivity index (χ4n) is 1.59. The molecule has 110 valence electrons. The standard InChI is InChI=1S/C12H5Cl2F3N2O2/c13-7-9(18)8(17)10(19-11(7)12(20)21-14)5-3-4(15)1-2-6(5)16/h1-3H,(H2,18,19). The molecule has 0 aliphatic carbocycles. The lowest BCUT2D eigenvalue weighted by Gasteiger charge is -2.10. The summed E-state index contributed by atoms with van der Waals surface area (Å²) in [4.78, 5) is 14.9. The summed E-state index contributed by atoms with van der Waals surface area (Å²) < 4.78 is 44.8. The highest BCUT2D eigenvalue weighted by molar-refractivity contribution is 6.36. The first-order chi connectivity index (χ1) is 9.86. The molecule has 0 amide bonds. The van der Waals surface area contributed by atoms with Crippen LogP contribution in [-0.4, -0.2) is 11.0 Å². The largest absolute Gasteiger partial charge is 0.395 e. The summed E-state index contributed by atoms with van der Waals surface area (Å²) in [6.07, 6.45) is 0. The van der Waals surface area contributed by atoms with Gasteiger partial charge in [0.25, 0.3) is 0 Å². The smallest absolute Gasteiger partial charge is 0.376 e. The Morgan fingerprint density at radius 1 is 1.29 bits per heavy atom. The Balaban J connectivity index is 2.77. The van der Waals surface area contributed by atoms with Gasteiger partial charge in [0.2, 0.25) is 0 Å². The Bertz CT molecular complexity index is 741. The molecule has 0 fully saturated rings. The second-order valence-corrected chi connectivity index (χ2v) is 4.37. The van der Waals surface area contributed by atoms with E-state index in [2.05, 4.69) is 9.27 Å². The molecule has 1 heterocycles. The van der Waals surface area contributed by atoms with Crippen molar-refractivity contribution in [2.75, 3.05) is 5.73 Å². The first kappa shape index (κ1) is 15.4. The van der Waals surface area contributed by atoms with Crippen LogP contribution in [0.25, 0.3) is 11.3 Å². The molecule has 0 aliphatic heterocycles. The summed E-state index contributed by atoms with van der Waals surface area (Å²) in [5.41, 5.74) is 2.88. The Kier molecular flexibility index (Phi) is 4.24. The number of carbonyl (C=O) groups is 1. The third-order valence-corrected chi connectivity index (χ3v) is 3.08. The zero-order valence-corrected chi connectivity index (χ0v) is 11.5. The molecule has 0 atom stereocenters. The zero-order valence-electron chi connectivity index (χ0n) is 9.96. The second-order valence-electron chi connectivity index (χ2n) is 3.84. The monoisotopic (exact) mass is 336 g/mol. The number of benzene rings is 1. The van der Waals surface area contributed by atoms with Crippen molar-refractivity contribution in [1.29, 1.82) is 0 Å². The van der Waals surface area contributed by atoms with Crippen LogP contribution in [-0.2, 0) is 4.29 Å². The topological polar surface area (TPSA) is 65.2 Å². The maximum absolute atomic E-state index is 14.1. The van der Waals surface area contributed by atoms with Crippen molar-refractivity contribution in [1.82, 2.24) is 4.98 Å². The maximum Gasteiger partial charge on any atom is 0.376 e. The molecule has 0 radical (unpaired) electrons. The van der Waals surface area contributed by atoms with Crippen LogP contribution >= 0.6 is 23.5 Å². The van der Waals surface area contributed by atoms with Crippen molar-refractivity contribution in [3.8, 4) is 11.3 Å². The van der Waals surface area contributed by atoms with Crippen LogP contribution in [0.4, 0.5) is 18.9 Å². The number of halogens is 5. The van der Waals surface area contributed by atoms with Gasteiger partial charge in [0.15, 0.2) is 11.5 Å². The molecule has 4 nitrogen and oxygen atoms in total. The van der Waals surface area contributed by atoms with Gasteiger partial charge >= 0.3 is 5.97 Å². The minimum Gasteiger partial charge on any atom is -0.395 e. The van der Waals surface area contributed by atoms with E-state index in [1.165, 1.54) is 0 Å². The average molecular weight is 337 g/mol. The number of nitrogens with zero attached hydrogens (tertiary/aromatic N) is 1. The van der Waals surface area contributed by atoms with Crippen molar-refractivity contribution in [3.63, 3.8) is 0 Å². The van der Waals surface area contributed by atoms with E-state index in [4.69, 9.17) is 29.2 Å². The molecule has 0 saturated carbocycles. The van der Waals surface area contributed by atoms with Gasteiger partial charge in [0.1, 0.15) is 29.2 Å². The van der Waals surface area contributed by atoms with E-state index in [9.17, 15) is 18.0 Å². The van der Waals surface area contributed by atoms with Crippen molar-refractivity contribution < 1.29 is 22.3 Å². The molecule has 0 spiro atoms. The van der Waals surface area contributed by atoms with Gasteiger partial charge in [-0.3, -0.25) is 0 Å². The molecule has 0 bridgehead atoms. The van der Waals surface area contributed by atoms with Crippen LogP contribution in [0.1, 0.15) is 10.5 Å². The van der Waals surface area contributed by atoms with E-state index in [0.717, 1.165) is 12.1 Å². The lowest BCUT2D eigenvalue weighted by atomic mass is 10.1. The summed E-state index contributed by atoms with van der Waals surface area (Å²) in [7, 11) is 0. The summed E-state index contributed by atoms with van der Waals surface area (Å²) >= 11 is 10.5. The Labute approximate surface area is 126 Å². The number of hydrogen-bond donors (Lipinski definition) is 1. The highest BCUT2D eigenvalue weighted by Crippen LogP contribution is 2.33. The van der Waals surface area contributed by atoms with Crippen molar-refractivity contribution in [3.05, 3.63) is 46.4 Å². The normalized spacial score (nSPS) is 10.5. The minimum atomic E-state index is -1.22. The number of nitrogen functional groups attached to an aromatic ring is 1. The molecule has 2 aromatic rings. The van der Waals surface area contributed by atoms with Crippen molar-refractivity contribution in [2.24, 2.45) is 0 Å². The summed E-state index contributed by atoms with van der Waals surface area (Å²) in [6.45, 7) is 0. The van der Waals surface area contributed by atoms with Gasteiger partial charge in [-0.05, 0) is 18.2 Å². The van der Waals surface area contributed by atoms with Crippen LogP contribution in [0.5, 0.6) is 0 Å². The summed E-state index contributed by atoms with van der Waals surface area (Å²) in [6, 6.07) is 2.31. The summed E-state index contributed by atoms with van der Waals surface area (Å²) in [5.74, 6) is -4.21. The van der Waals surface area contributed by atoms with Gasteiger partial charge in [-0.25, -0.2) is 22.9 Å². The molecular formula is C12H5Cl2F3N2O2. The van der Waals surface area contributed by atoms with Gasteiger partial charge in [-0.15, -0.1) is 0 Å². The quantitative estimate of drug-likeness (QED) is 0.907. The van der Waals surface area contributed by atoms with Gasteiger partial charge in [-0.2, -0.15) is 0 Å². The minimum absolute atomic E-state index is 0.528. The van der Waals surface area contributed by atoms with Crippen molar-refractivity contribution >= 4 is 35.1 Å². The fourth-order valence-corrected chi connectivity index (χ4v) is 1.87. The van der Waals surface area contributed by atoms with Gasteiger partial charge in [0, 0.05) is 5.56 Å². The molecule has 21 heavy (non-hydrogen) atoms. The van der Waals surface area contributed by atoms with Crippen LogP contribution in [0.2, 0.25) is 5.02 Å². The van der Waals surface area contributed by atoms with Crippen LogP contribution in [0.3, 0.4) is 0 Å². The van der Waals surface area contributed by atoms with E-state index >= 15 is 0 Å². The highest BCUT2D eigenvalue weighted by atomic mass is 35.5. The molecule has 0 aliphatic rings. The molecule has 1 aromatic heterocycles. The first-order valence-corrected chi connectivity index (χ1v) is 5.98. The van der Waals surface area contributed by atoms with Gasteiger partial charge in [-0.1, -0.05) is 11.6 Å². The summed E-state index contributed by atoms with van der Waals surface area (Å²) in [5, 5.41) is -0.543. The van der Waals surface area contributed by atoms with E-state index in [-0.39, 0.29) is 0 Å². The fraction of sp³-hybridized carbons (Fsp3) is 0. The predicted molar refractivity (Wildman–Crippen MR) is 70.2 cm³/mol. The Hall–Kier alpha value is -1.99. The van der Waals surface area contributed by atoms with E-state index in [0.29, 0.717) is 6.07 Å². The average Bonchev–Trinajstić information content (AvgIpc) is 2.47.